The second kappa shape index (κ2) is 5.21. The molecule has 5 heteroatoms. The molecule has 2 aromatic carbocycles. The molecule has 0 aliphatic carbocycles. The molecule has 0 atom stereocenters. The maximum atomic E-state index is 14.1. The Morgan fingerprint density at radius 1 is 1.20 bits per heavy atom. The maximum absolute atomic E-state index is 14.1. The van der Waals surface area contributed by atoms with Gasteiger partial charge in [-0.15, -0.1) is 0 Å². The number of benzene rings is 2. The van der Waals surface area contributed by atoms with Crippen molar-refractivity contribution in [1.82, 2.24) is 0 Å². The van der Waals surface area contributed by atoms with E-state index in [0.717, 1.165) is 6.07 Å². The van der Waals surface area contributed by atoms with E-state index in [1.807, 2.05) is 0 Å². The van der Waals surface area contributed by atoms with E-state index in [2.05, 4.69) is 0 Å². The Balaban J connectivity index is 2.68. The molecule has 0 heterocycles. The van der Waals surface area contributed by atoms with Crippen LogP contribution in [0, 0.1) is 18.6 Å². The summed E-state index contributed by atoms with van der Waals surface area (Å²) in [5.41, 5.74) is 4.69. The number of halogens is 2. The van der Waals surface area contributed by atoms with Crippen LogP contribution in [0.4, 0.5) is 14.5 Å². The van der Waals surface area contributed by atoms with Crippen molar-refractivity contribution in [3.05, 3.63) is 64.2 Å². The van der Waals surface area contributed by atoms with Gasteiger partial charge in [-0.1, -0.05) is 18.2 Å². The Morgan fingerprint density at radius 3 is 2.55 bits per heavy atom. The van der Waals surface area contributed by atoms with E-state index in [4.69, 9.17) is 5.73 Å². The molecule has 0 amide bonds. The van der Waals surface area contributed by atoms with Crippen LogP contribution >= 0.6 is 0 Å². The van der Waals surface area contributed by atoms with E-state index in [9.17, 15) is 18.4 Å². The average Bonchev–Trinajstić information content (AvgIpc) is 2.44. The summed E-state index contributed by atoms with van der Waals surface area (Å²) >= 11 is 0. The molecule has 2 aromatic rings. The van der Waals surface area contributed by atoms with Crippen molar-refractivity contribution in [1.29, 1.82) is 0 Å². The minimum atomic E-state index is -0.815. The predicted molar refractivity (Wildman–Crippen MR) is 70.8 cm³/mol. The smallest absolute Gasteiger partial charge is 0.198 e. The van der Waals surface area contributed by atoms with Crippen LogP contribution in [0.15, 0.2) is 30.3 Å². The van der Waals surface area contributed by atoms with Crippen molar-refractivity contribution in [2.75, 3.05) is 5.73 Å². The van der Waals surface area contributed by atoms with Gasteiger partial charge in [-0.2, -0.15) is 0 Å². The number of rotatable bonds is 3. The summed E-state index contributed by atoms with van der Waals surface area (Å²) in [5.74, 6) is -2.38. The van der Waals surface area contributed by atoms with Gasteiger partial charge in [0.1, 0.15) is 11.6 Å². The predicted octanol–water partition coefficient (Wildman–Crippen LogP) is 2.90. The van der Waals surface area contributed by atoms with Gasteiger partial charge in [0, 0.05) is 11.1 Å². The molecule has 0 aromatic heterocycles. The highest BCUT2D eigenvalue weighted by Gasteiger charge is 2.22. The van der Waals surface area contributed by atoms with Crippen molar-refractivity contribution >= 4 is 17.8 Å². The molecular formula is C15H11F2NO2. The first-order chi connectivity index (χ1) is 9.47. The summed E-state index contributed by atoms with van der Waals surface area (Å²) < 4.78 is 27.5. The third kappa shape index (κ3) is 2.18. The fraction of sp³-hybridized carbons (Fsp3) is 0.0667. The van der Waals surface area contributed by atoms with E-state index in [1.54, 1.807) is 0 Å². The van der Waals surface area contributed by atoms with E-state index in [-0.39, 0.29) is 22.4 Å². The maximum Gasteiger partial charge on any atom is 0.198 e. The number of anilines is 1. The molecule has 0 aliphatic rings. The molecule has 3 nitrogen and oxygen atoms in total. The number of aryl methyl sites for hydroxylation is 1. The zero-order chi connectivity index (χ0) is 14.9. The van der Waals surface area contributed by atoms with Crippen molar-refractivity contribution in [2.24, 2.45) is 0 Å². The van der Waals surface area contributed by atoms with E-state index < -0.39 is 23.0 Å². The highest BCUT2D eigenvalue weighted by Crippen LogP contribution is 2.24. The van der Waals surface area contributed by atoms with E-state index in [1.165, 1.54) is 31.2 Å². The van der Waals surface area contributed by atoms with Gasteiger partial charge in [-0.05, 0) is 24.6 Å². The third-order valence-electron chi connectivity index (χ3n) is 3.02. The molecule has 2 rings (SSSR count). The van der Waals surface area contributed by atoms with Gasteiger partial charge in [-0.3, -0.25) is 9.59 Å². The Hall–Kier alpha value is -2.56. The van der Waals surface area contributed by atoms with Crippen molar-refractivity contribution in [3.8, 4) is 0 Å². The zero-order valence-electron chi connectivity index (χ0n) is 10.6. The zero-order valence-corrected chi connectivity index (χ0v) is 10.6. The lowest BCUT2D eigenvalue weighted by atomic mass is 9.95. The van der Waals surface area contributed by atoms with Crippen LogP contribution in [0.3, 0.4) is 0 Å². The fourth-order valence-corrected chi connectivity index (χ4v) is 1.89. The van der Waals surface area contributed by atoms with Crippen molar-refractivity contribution < 1.29 is 18.4 Å². The molecular weight excluding hydrogens is 264 g/mol. The molecule has 0 spiro atoms. The molecule has 0 saturated carbocycles. The van der Waals surface area contributed by atoms with Crippen LogP contribution in [0.25, 0.3) is 0 Å². The van der Waals surface area contributed by atoms with Gasteiger partial charge >= 0.3 is 0 Å². The highest BCUT2D eigenvalue weighted by molar-refractivity contribution is 6.15. The summed E-state index contributed by atoms with van der Waals surface area (Å²) in [6, 6.07) is 6.42. The van der Waals surface area contributed by atoms with E-state index in [0.29, 0.717) is 6.29 Å². The van der Waals surface area contributed by atoms with Crippen LogP contribution in [0.5, 0.6) is 0 Å². The van der Waals surface area contributed by atoms with Gasteiger partial charge in [0.25, 0.3) is 0 Å². The van der Waals surface area contributed by atoms with Crippen LogP contribution in [0.1, 0.15) is 31.8 Å². The van der Waals surface area contributed by atoms with Gasteiger partial charge in [-0.25, -0.2) is 8.78 Å². The number of aldehydes is 1. The number of hydrogen-bond donors (Lipinski definition) is 1. The van der Waals surface area contributed by atoms with Gasteiger partial charge in [0.05, 0.1) is 11.3 Å². The Morgan fingerprint density at radius 2 is 1.90 bits per heavy atom. The first-order valence-corrected chi connectivity index (χ1v) is 5.80. The standard InChI is InChI=1S/C15H11F2NO2/c1-8-5-6-9(7-19)12(13(8)17)15(20)10-3-2-4-11(16)14(10)18/h2-7H,18H2,1H3. The van der Waals surface area contributed by atoms with Crippen molar-refractivity contribution in [3.63, 3.8) is 0 Å². The topological polar surface area (TPSA) is 60.2 Å². The Bertz CT molecular complexity index is 711. The van der Waals surface area contributed by atoms with Crippen LogP contribution in [-0.2, 0) is 0 Å². The second-order valence-corrected chi connectivity index (χ2v) is 4.31. The molecule has 0 aliphatic heterocycles. The first-order valence-electron chi connectivity index (χ1n) is 5.80. The third-order valence-corrected chi connectivity index (χ3v) is 3.02. The summed E-state index contributed by atoms with van der Waals surface area (Å²) in [4.78, 5) is 23.3. The van der Waals surface area contributed by atoms with E-state index >= 15 is 0 Å². The average molecular weight is 275 g/mol. The number of carbonyl (C=O) groups is 2. The first kappa shape index (κ1) is 13.9. The molecule has 0 radical (unpaired) electrons. The highest BCUT2D eigenvalue weighted by atomic mass is 19.1. The fourth-order valence-electron chi connectivity index (χ4n) is 1.89. The molecule has 0 bridgehead atoms. The van der Waals surface area contributed by atoms with Gasteiger partial charge in [0.15, 0.2) is 12.1 Å². The second-order valence-electron chi connectivity index (χ2n) is 4.31. The Kier molecular flexibility index (Phi) is 3.61. The lowest BCUT2D eigenvalue weighted by Crippen LogP contribution is -2.12. The lowest BCUT2D eigenvalue weighted by Gasteiger charge is -2.10. The van der Waals surface area contributed by atoms with Crippen LogP contribution in [-0.4, -0.2) is 12.1 Å². The number of carbonyl (C=O) groups excluding carboxylic acids is 2. The number of para-hydroxylation sites is 1. The number of hydrogen-bond acceptors (Lipinski definition) is 3. The number of ketones is 1. The van der Waals surface area contributed by atoms with Gasteiger partial charge < -0.3 is 5.73 Å². The molecule has 102 valence electrons. The summed E-state index contributed by atoms with van der Waals surface area (Å²) in [5, 5.41) is 0. The minimum Gasteiger partial charge on any atom is -0.396 e. The number of nitrogen functional groups attached to an aromatic ring is 1. The quantitative estimate of drug-likeness (QED) is 0.532. The summed E-state index contributed by atoms with van der Waals surface area (Å²) in [6.45, 7) is 1.47. The molecule has 20 heavy (non-hydrogen) atoms. The molecule has 0 saturated heterocycles. The number of nitrogens with two attached hydrogens (primary N) is 1. The van der Waals surface area contributed by atoms with Crippen LogP contribution < -0.4 is 5.73 Å². The van der Waals surface area contributed by atoms with Crippen LogP contribution in [0.2, 0.25) is 0 Å². The molecule has 2 N–H and O–H groups in total. The summed E-state index contributed by atoms with van der Waals surface area (Å²) in [6.07, 6.45) is 0.380. The largest absolute Gasteiger partial charge is 0.396 e. The molecule has 0 fully saturated rings. The normalized spacial score (nSPS) is 10.3. The minimum absolute atomic E-state index is 0.0956. The SMILES string of the molecule is Cc1ccc(C=O)c(C(=O)c2cccc(F)c2N)c1F. The monoisotopic (exact) mass is 275 g/mol. The molecule has 0 unspecified atom stereocenters. The van der Waals surface area contributed by atoms with Crippen molar-refractivity contribution in [2.45, 2.75) is 6.92 Å². The lowest BCUT2D eigenvalue weighted by molar-refractivity contribution is 0.102. The Labute approximate surface area is 114 Å². The summed E-state index contributed by atoms with van der Waals surface area (Å²) in [7, 11) is 0. The van der Waals surface area contributed by atoms with Gasteiger partial charge in [0.2, 0.25) is 0 Å².